The largest absolute Gasteiger partial charge is 0.396 e. The third kappa shape index (κ3) is 4.44. The molecule has 5 nitrogen and oxygen atoms in total. The van der Waals surface area contributed by atoms with Crippen molar-refractivity contribution in [3.05, 3.63) is 16.1 Å². The normalized spacial score (nSPS) is 26.3. The van der Waals surface area contributed by atoms with Crippen LogP contribution >= 0.6 is 11.3 Å². The van der Waals surface area contributed by atoms with Gasteiger partial charge < -0.3 is 15.7 Å². The molecular formula is C17H27N3O2S. The van der Waals surface area contributed by atoms with Crippen LogP contribution in [0, 0.1) is 18.8 Å². The molecule has 0 saturated heterocycles. The highest BCUT2D eigenvalue weighted by atomic mass is 32.1. The third-order valence-corrected chi connectivity index (χ3v) is 5.99. The highest BCUT2D eigenvalue weighted by Gasteiger charge is 2.36. The maximum Gasteiger partial charge on any atom is 0.315 e. The molecule has 2 aliphatic carbocycles. The summed E-state index contributed by atoms with van der Waals surface area (Å²) in [5.74, 6) is 0.707. The van der Waals surface area contributed by atoms with E-state index in [-0.39, 0.29) is 30.6 Å². The zero-order chi connectivity index (χ0) is 16.2. The Labute approximate surface area is 141 Å². The average Bonchev–Trinajstić information content (AvgIpc) is 3.31. The molecule has 2 fully saturated rings. The van der Waals surface area contributed by atoms with Crippen LogP contribution in [0.15, 0.2) is 6.20 Å². The second-order valence-electron chi connectivity index (χ2n) is 6.93. The molecule has 3 rings (SSSR count). The number of rotatable bonds is 5. The number of carbonyl (C=O) groups excluding carboxylic acids is 1. The van der Waals surface area contributed by atoms with Crippen molar-refractivity contribution in [3.8, 4) is 0 Å². The highest BCUT2D eigenvalue weighted by molar-refractivity contribution is 7.11. The lowest BCUT2D eigenvalue weighted by molar-refractivity contribution is 0.178. The third-order valence-electron chi connectivity index (χ3n) is 5.00. The van der Waals surface area contributed by atoms with Crippen molar-refractivity contribution in [1.82, 2.24) is 15.6 Å². The van der Waals surface area contributed by atoms with Gasteiger partial charge in [-0.15, -0.1) is 11.3 Å². The van der Waals surface area contributed by atoms with E-state index < -0.39 is 0 Å². The lowest BCUT2D eigenvalue weighted by atomic mass is 9.96. The Hall–Kier alpha value is -1.14. The first-order valence-electron chi connectivity index (χ1n) is 8.77. The SMILES string of the molecule is Cc1cnc([C@H](NC(=O)N[C@@H]2CCCCC[C@@H]2CO)C2CC2)s1. The molecule has 23 heavy (non-hydrogen) atoms. The van der Waals surface area contributed by atoms with Gasteiger partial charge in [-0.25, -0.2) is 9.78 Å². The topological polar surface area (TPSA) is 74.2 Å². The maximum atomic E-state index is 12.5. The Morgan fingerprint density at radius 3 is 2.78 bits per heavy atom. The van der Waals surface area contributed by atoms with Crippen molar-refractivity contribution in [2.75, 3.05) is 6.61 Å². The number of nitrogens with one attached hydrogen (secondary N) is 2. The molecule has 0 spiro atoms. The molecule has 2 aliphatic rings. The van der Waals surface area contributed by atoms with Gasteiger partial charge in [-0.3, -0.25) is 0 Å². The number of hydrogen-bond acceptors (Lipinski definition) is 4. The van der Waals surface area contributed by atoms with E-state index in [0.717, 1.165) is 43.5 Å². The summed E-state index contributed by atoms with van der Waals surface area (Å²) >= 11 is 1.67. The van der Waals surface area contributed by atoms with E-state index in [0.29, 0.717) is 5.92 Å². The molecule has 3 atom stereocenters. The van der Waals surface area contributed by atoms with Crippen LogP contribution in [0.25, 0.3) is 0 Å². The Morgan fingerprint density at radius 2 is 2.13 bits per heavy atom. The van der Waals surface area contributed by atoms with E-state index in [4.69, 9.17) is 0 Å². The molecule has 3 N–H and O–H groups in total. The Bertz CT molecular complexity index is 530. The zero-order valence-corrected chi connectivity index (χ0v) is 14.6. The summed E-state index contributed by atoms with van der Waals surface area (Å²) in [6.45, 7) is 2.20. The fourth-order valence-electron chi connectivity index (χ4n) is 3.47. The van der Waals surface area contributed by atoms with Crippen molar-refractivity contribution < 1.29 is 9.90 Å². The number of aliphatic hydroxyl groups excluding tert-OH is 1. The smallest absolute Gasteiger partial charge is 0.315 e. The van der Waals surface area contributed by atoms with E-state index in [2.05, 4.69) is 15.6 Å². The molecule has 1 aromatic rings. The molecule has 0 aromatic carbocycles. The van der Waals surface area contributed by atoms with Gasteiger partial charge in [0.25, 0.3) is 0 Å². The van der Waals surface area contributed by atoms with Crippen molar-refractivity contribution in [3.63, 3.8) is 0 Å². The van der Waals surface area contributed by atoms with Crippen molar-refractivity contribution in [2.24, 2.45) is 11.8 Å². The van der Waals surface area contributed by atoms with Crippen LogP contribution in [0.3, 0.4) is 0 Å². The fourth-order valence-corrected chi connectivity index (χ4v) is 4.39. The summed E-state index contributed by atoms with van der Waals surface area (Å²) in [7, 11) is 0. The first kappa shape index (κ1) is 16.7. The Morgan fingerprint density at radius 1 is 1.35 bits per heavy atom. The fraction of sp³-hybridized carbons (Fsp3) is 0.765. The van der Waals surface area contributed by atoms with Crippen LogP contribution in [0.4, 0.5) is 4.79 Å². The number of amides is 2. The van der Waals surface area contributed by atoms with Gasteiger partial charge in [0.1, 0.15) is 5.01 Å². The molecule has 128 valence electrons. The van der Waals surface area contributed by atoms with E-state index in [9.17, 15) is 9.90 Å². The summed E-state index contributed by atoms with van der Waals surface area (Å²) in [6, 6.07) is 0.00698. The summed E-state index contributed by atoms with van der Waals surface area (Å²) < 4.78 is 0. The lowest BCUT2D eigenvalue weighted by Gasteiger charge is -2.26. The number of thiazole rings is 1. The molecule has 2 saturated carbocycles. The summed E-state index contributed by atoms with van der Waals surface area (Å²) in [6.07, 6.45) is 9.62. The monoisotopic (exact) mass is 337 g/mol. The number of urea groups is 1. The molecular weight excluding hydrogens is 310 g/mol. The molecule has 0 unspecified atom stereocenters. The number of aryl methyl sites for hydroxylation is 1. The molecule has 6 heteroatoms. The van der Waals surface area contributed by atoms with Crippen LogP contribution in [0.1, 0.15) is 60.9 Å². The quantitative estimate of drug-likeness (QED) is 0.723. The maximum absolute atomic E-state index is 12.5. The predicted molar refractivity (Wildman–Crippen MR) is 91.4 cm³/mol. The van der Waals surface area contributed by atoms with Gasteiger partial charge in [-0.05, 0) is 38.5 Å². The highest BCUT2D eigenvalue weighted by Crippen LogP contribution is 2.42. The van der Waals surface area contributed by atoms with Gasteiger partial charge in [0.15, 0.2) is 0 Å². The summed E-state index contributed by atoms with van der Waals surface area (Å²) in [4.78, 5) is 18.1. The summed E-state index contributed by atoms with van der Waals surface area (Å²) in [5.41, 5.74) is 0. The van der Waals surface area contributed by atoms with E-state index >= 15 is 0 Å². The van der Waals surface area contributed by atoms with E-state index in [1.54, 1.807) is 11.3 Å². The number of aromatic nitrogens is 1. The van der Waals surface area contributed by atoms with Gasteiger partial charge in [0.05, 0.1) is 6.04 Å². The van der Waals surface area contributed by atoms with Crippen LogP contribution in [0.5, 0.6) is 0 Å². The molecule has 1 aromatic heterocycles. The van der Waals surface area contributed by atoms with Gasteiger partial charge in [-0.2, -0.15) is 0 Å². The number of carbonyl (C=O) groups is 1. The molecule has 2 amide bonds. The first-order chi connectivity index (χ1) is 11.2. The molecule has 1 heterocycles. The number of aliphatic hydroxyl groups is 1. The minimum atomic E-state index is -0.111. The van der Waals surface area contributed by atoms with Crippen molar-refractivity contribution >= 4 is 17.4 Å². The predicted octanol–water partition coefficient (Wildman–Crippen LogP) is 3.14. The van der Waals surface area contributed by atoms with Crippen LogP contribution in [-0.2, 0) is 0 Å². The average molecular weight is 337 g/mol. The minimum Gasteiger partial charge on any atom is -0.396 e. The first-order valence-corrected chi connectivity index (χ1v) is 9.59. The van der Waals surface area contributed by atoms with Gasteiger partial charge in [0, 0.05) is 29.6 Å². The van der Waals surface area contributed by atoms with E-state index in [1.807, 2.05) is 13.1 Å². The van der Waals surface area contributed by atoms with Crippen LogP contribution in [0.2, 0.25) is 0 Å². The minimum absolute atomic E-state index is 0.0343. The van der Waals surface area contributed by atoms with Gasteiger partial charge in [-0.1, -0.05) is 19.3 Å². The second kappa shape index (κ2) is 7.62. The summed E-state index contributed by atoms with van der Waals surface area (Å²) in [5, 5.41) is 16.8. The van der Waals surface area contributed by atoms with E-state index in [1.165, 1.54) is 11.3 Å². The van der Waals surface area contributed by atoms with Crippen LogP contribution < -0.4 is 10.6 Å². The Kier molecular flexibility index (Phi) is 5.54. The van der Waals surface area contributed by atoms with Gasteiger partial charge >= 0.3 is 6.03 Å². The second-order valence-corrected chi connectivity index (χ2v) is 8.20. The number of nitrogens with zero attached hydrogens (tertiary/aromatic N) is 1. The Balaban J connectivity index is 1.60. The molecule has 0 aliphatic heterocycles. The molecule has 0 radical (unpaired) electrons. The van der Waals surface area contributed by atoms with Crippen LogP contribution in [-0.4, -0.2) is 28.8 Å². The number of hydrogen-bond donors (Lipinski definition) is 3. The zero-order valence-electron chi connectivity index (χ0n) is 13.8. The standard InChI is InChI=1S/C17H27N3O2S/c1-11-9-18-16(23-11)15(12-7-8-12)20-17(22)19-14-6-4-2-3-5-13(14)10-21/h9,12-15,21H,2-8,10H2,1H3,(H2,19,20,22)/t13-,14-,15-/m1/s1. The molecule has 0 bridgehead atoms. The van der Waals surface area contributed by atoms with Crippen molar-refractivity contribution in [2.45, 2.75) is 64.0 Å². The lowest BCUT2D eigenvalue weighted by Crippen LogP contribution is -2.47. The van der Waals surface area contributed by atoms with Gasteiger partial charge in [0.2, 0.25) is 0 Å². The van der Waals surface area contributed by atoms with Crippen molar-refractivity contribution in [1.29, 1.82) is 0 Å².